The van der Waals surface area contributed by atoms with Crippen LogP contribution in [-0.2, 0) is 38.2 Å². The molecule has 0 aromatic heterocycles. The highest BCUT2D eigenvalue weighted by Gasteiger charge is 2.42. The van der Waals surface area contributed by atoms with Gasteiger partial charge in [-0.2, -0.15) is 0 Å². The molecule has 2 aliphatic rings. The summed E-state index contributed by atoms with van der Waals surface area (Å²) in [5.41, 5.74) is -0.723. The topological polar surface area (TPSA) is 189 Å². The number of esters is 1. The first-order valence-corrected chi connectivity index (χ1v) is 16.5. The molecule has 1 saturated heterocycles. The van der Waals surface area contributed by atoms with Crippen molar-refractivity contribution in [1.29, 1.82) is 0 Å². The van der Waals surface area contributed by atoms with Crippen LogP contribution < -0.4 is 21.3 Å². The largest absolute Gasteiger partial charge is 0.459 e. The van der Waals surface area contributed by atoms with Gasteiger partial charge in [0.05, 0.1) is 19.2 Å². The molecule has 1 aliphatic carbocycles. The number of likely N-dealkylation sites (tertiary alicyclic amines) is 1. The number of alkyl carbamates (subject to hydrolysis) is 1. The molecule has 2 rings (SSSR count). The molecule has 0 aromatic carbocycles. The zero-order valence-corrected chi connectivity index (χ0v) is 28.2. The molecule has 1 saturated carbocycles. The summed E-state index contributed by atoms with van der Waals surface area (Å²) >= 11 is 0. The van der Waals surface area contributed by atoms with Gasteiger partial charge in [0, 0.05) is 6.54 Å². The van der Waals surface area contributed by atoms with E-state index < -0.39 is 72.4 Å². The molecule has 2 fully saturated rings. The number of ether oxygens (including phenoxy) is 2. The molecular weight excluding hydrogens is 598 g/mol. The third-order valence-corrected chi connectivity index (χ3v) is 7.74. The van der Waals surface area contributed by atoms with E-state index in [2.05, 4.69) is 21.3 Å². The molecule has 14 heteroatoms. The van der Waals surface area contributed by atoms with Crippen molar-refractivity contribution < 1.29 is 43.0 Å². The average molecular weight is 652 g/mol. The van der Waals surface area contributed by atoms with Crippen LogP contribution in [0.2, 0.25) is 0 Å². The summed E-state index contributed by atoms with van der Waals surface area (Å²) in [4.78, 5) is 90.9. The summed E-state index contributed by atoms with van der Waals surface area (Å²) in [6.07, 6.45) is 5.37. The summed E-state index contributed by atoms with van der Waals surface area (Å²) in [5.74, 6) is -4.23. The molecule has 4 N–H and O–H groups in total. The predicted octanol–water partition coefficient (Wildman–Crippen LogP) is 1.74. The van der Waals surface area contributed by atoms with E-state index in [1.807, 2.05) is 13.8 Å². The molecule has 1 heterocycles. The van der Waals surface area contributed by atoms with Crippen molar-refractivity contribution in [2.24, 2.45) is 11.8 Å². The normalized spacial score (nSPS) is 18.2. The monoisotopic (exact) mass is 651 g/mol. The van der Waals surface area contributed by atoms with Gasteiger partial charge in [0.1, 0.15) is 24.2 Å². The van der Waals surface area contributed by atoms with Crippen LogP contribution in [0.5, 0.6) is 0 Å². The highest BCUT2D eigenvalue weighted by Crippen LogP contribution is 2.29. The highest BCUT2D eigenvalue weighted by atomic mass is 16.6. The van der Waals surface area contributed by atoms with Crippen molar-refractivity contribution in [3.05, 3.63) is 0 Å². The quantitative estimate of drug-likeness (QED) is 0.151. The summed E-state index contributed by atoms with van der Waals surface area (Å²) < 4.78 is 10.4. The van der Waals surface area contributed by atoms with E-state index in [4.69, 9.17) is 9.47 Å². The molecule has 14 nitrogen and oxygen atoms in total. The molecule has 0 radical (unpaired) electrons. The SMILES string of the molecule is CCCC(NC(=O)[C@@H]1CCCN1C(=O)[C@@H](NC(=O)OCC(C)C)C1CCCCC1)C(=O)C(=O)NCC(=O)NCC(=O)OC(C)(C)C. The number of hydrogen-bond acceptors (Lipinski definition) is 9. The zero-order chi connectivity index (χ0) is 34.4. The lowest BCUT2D eigenvalue weighted by Crippen LogP contribution is -2.58. The van der Waals surface area contributed by atoms with Crippen LogP contribution in [0.4, 0.5) is 4.79 Å². The van der Waals surface area contributed by atoms with Crippen LogP contribution >= 0.6 is 0 Å². The number of nitrogens with one attached hydrogen (secondary N) is 4. The van der Waals surface area contributed by atoms with Crippen LogP contribution in [0.15, 0.2) is 0 Å². The fraction of sp³-hybridized carbons (Fsp3) is 0.781. The lowest BCUT2D eigenvalue weighted by Gasteiger charge is -2.34. The molecule has 5 amide bonds. The van der Waals surface area contributed by atoms with E-state index in [0.29, 0.717) is 25.8 Å². The molecule has 260 valence electrons. The number of hydrogen-bond donors (Lipinski definition) is 4. The van der Waals surface area contributed by atoms with Crippen LogP contribution in [0.1, 0.15) is 99.3 Å². The smallest absolute Gasteiger partial charge is 0.407 e. The Morgan fingerprint density at radius 3 is 2.15 bits per heavy atom. The number of amides is 5. The average Bonchev–Trinajstić information content (AvgIpc) is 3.49. The number of carbonyl (C=O) groups is 7. The van der Waals surface area contributed by atoms with E-state index in [0.717, 1.165) is 32.1 Å². The number of rotatable bonds is 15. The molecule has 3 atom stereocenters. The lowest BCUT2D eigenvalue weighted by atomic mass is 9.83. The van der Waals surface area contributed by atoms with Gasteiger partial charge in [-0.3, -0.25) is 28.8 Å². The first-order valence-electron chi connectivity index (χ1n) is 16.5. The Bertz CT molecular complexity index is 1100. The maximum Gasteiger partial charge on any atom is 0.407 e. The van der Waals surface area contributed by atoms with Crippen LogP contribution in [0, 0.1) is 11.8 Å². The Morgan fingerprint density at radius 1 is 0.870 bits per heavy atom. The maximum atomic E-state index is 13.9. The highest BCUT2D eigenvalue weighted by molar-refractivity contribution is 6.38. The van der Waals surface area contributed by atoms with Crippen LogP contribution in [0.25, 0.3) is 0 Å². The Balaban J connectivity index is 2.02. The standard InChI is InChI=1S/C32H53N5O9/c1-7-12-22(27(40)29(42)34-17-24(38)33-18-25(39)46-32(4,5)6)35-28(41)23-15-11-16-37(23)30(43)26(21-13-9-8-10-14-21)36-31(44)45-19-20(2)3/h20-23,26H,7-19H2,1-6H3,(H,33,38)(H,34,42)(H,35,41)(H,36,44)/t22?,23-,26-/m0/s1. The second-order valence-electron chi connectivity index (χ2n) is 13.5. The van der Waals surface area contributed by atoms with Crippen molar-refractivity contribution in [2.75, 3.05) is 26.2 Å². The number of carbonyl (C=O) groups excluding carboxylic acids is 7. The van der Waals surface area contributed by atoms with Gasteiger partial charge >= 0.3 is 12.1 Å². The first-order chi connectivity index (χ1) is 21.6. The zero-order valence-electron chi connectivity index (χ0n) is 28.2. The minimum absolute atomic E-state index is 0.0865. The number of nitrogens with zero attached hydrogens (tertiary/aromatic N) is 1. The van der Waals surface area contributed by atoms with Crippen molar-refractivity contribution in [3.63, 3.8) is 0 Å². The first kappa shape index (κ1) is 38.5. The Kier molecular flexibility index (Phi) is 15.4. The summed E-state index contributed by atoms with van der Waals surface area (Å²) in [6, 6.07) is -2.88. The third kappa shape index (κ3) is 13.0. The van der Waals surface area contributed by atoms with Crippen molar-refractivity contribution >= 4 is 41.5 Å². The van der Waals surface area contributed by atoms with Gasteiger partial charge in [0.15, 0.2) is 0 Å². The molecular formula is C32H53N5O9. The third-order valence-electron chi connectivity index (χ3n) is 7.74. The van der Waals surface area contributed by atoms with Gasteiger partial charge in [-0.25, -0.2) is 4.79 Å². The van der Waals surface area contributed by atoms with Gasteiger partial charge in [-0.05, 0) is 64.7 Å². The molecule has 0 bridgehead atoms. The second kappa shape index (κ2) is 18.4. The molecule has 0 spiro atoms. The lowest BCUT2D eigenvalue weighted by molar-refractivity contribution is -0.154. The number of Topliss-reactive ketones (excluding diaryl/α,β-unsaturated/α-hetero) is 1. The van der Waals surface area contributed by atoms with Crippen molar-refractivity contribution in [1.82, 2.24) is 26.2 Å². The van der Waals surface area contributed by atoms with E-state index in [-0.39, 0.29) is 30.8 Å². The van der Waals surface area contributed by atoms with E-state index >= 15 is 0 Å². The minimum atomic E-state index is -1.17. The van der Waals surface area contributed by atoms with Gasteiger partial charge in [-0.15, -0.1) is 0 Å². The van der Waals surface area contributed by atoms with Gasteiger partial charge in [0.25, 0.3) is 5.91 Å². The molecule has 1 aliphatic heterocycles. The van der Waals surface area contributed by atoms with Crippen molar-refractivity contribution in [2.45, 2.75) is 123 Å². The van der Waals surface area contributed by atoms with Gasteiger partial charge < -0.3 is 35.6 Å². The van der Waals surface area contributed by atoms with Crippen LogP contribution in [-0.4, -0.2) is 96.3 Å². The molecule has 1 unspecified atom stereocenters. The molecule has 0 aromatic rings. The van der Waals surface area contributed by atoms with Crippen molar-refractivity contribution in [3.8, 4) is 0 Å². The fourth-order valence-electron chi connectivity index (χ4n) is 5.58. The number of ketones is 1. The van der Waals surface area contributed by atoms with Crippen LogP contribution in [0.3, 0.4) is 0 Å². The van der Waals surface area contributed by atoms with Gasteiger partial charge in [-0.1, -0.05) is 46.5 Å². The Morgan fingerprint density at radius 2 is 1.54 bits per heavy atom. The minimum Gasteiger partial charge on any atom is -0.459 e. The van der Waals surface area contributed by atoms with E-state index in [1.165, 1.54) is 4.90 Å². The van der Waals surface area contributed by atoms with E-state index in [9.17, 15) is 33.6 Å². The Labute approximate surface area is 271 Å². The van der Waals surface area contributed by atoms with Gasteiger partial charge in [0.2, 0.25) is 23.5 Å². The Hall–Kier alpha value is -3.71. The predicted molar refractivity (Wildman–Crippen MR) is 168 cm³/mol. The fourth-order valence-corrected chi connectivity index (χ4v) is 5.58. The second-order valence-corrected chi connectivity index (χ2v) is 13.5. The van der Waals surface area contributed by atoms with E-state index in [1.54, 1.807) is 27.7 Å². The summed E-state index contributed by atoms with van der Waals surface area (Å²) in [5, 5.41) is 9.96. The summed E-state index contributed by atoms with van der Waals surface area (Å²) in [6.45, 7) is 10.2. The maximum absolute atomic E-state index is 13.9. The molecule has 46 heavy (non-hydrogen) atoms. The summed E-state index contributed by atoms with van der Waals surface area (Å²) in [7, 11) is 0.